The van der Waals surface area contributed by atoms with E-state index >= 15 is 0 Å². The fraction of sp³-hybridized carbons (Fsp3) is 0.545. The Bertz CT molecular complexity index is 777. The maximum Gasteiger partial charge on any atom is 0.516 e. The van der Waals surface area contributed by atoms with Crippen LogP contribution in [0.3, 0.4) is 0 Å². The van der Waals surface area contributed by atoms with E-state index in [1.54, 1.807) is 65.8 Å². The maximum absolute atomic E-state index is 12.6. The van der Waals surface area contributed by atoms with Crippen molar-refractivity contribution in [1.29, 1.82) is 0 Å². The molecule has 0 aromatic heterocycles. The summed E-state index contributed by atoms with van der Waals surface area (Å²) < 4.78 is 19.3. The van der Waals surface area contributed by atoms with Crippen molar-refractivity contribution in [3.05, 3.63) is 35.9 Å². The van der Waals surface area contributed by atoms with Crippen molar-refractivity contribution < 1.29 is 38.1 Å². The normalized spacial score (nSPS) is 13.5. The smallest absolute Gasteiger partial charge is 0.428 e. The van der Waals surface area contributed by atoms with Crippen LogP contribution < -0.4 is 5.73 Å². The van der Waals surface area contributed by atoms with Crippen LogP contribution in [0.25, 0.3) is 0 Å². The van der Waals surface area contributed by atoms with Gasteiger partial charge in [0, 0.05) is 0 Å². The van der Waals surface area contributed by atoms with Gasteiger partial charge in [0.25, 0.3) is 0 Å². The predicted octanol–water partition coefficient (Wildman–Crippen LogP) is 3.52. The SMILES string of the molecule is CC(C)(C)OC(=O)OC(=O)C(Cc1ccccc1)C[C@H](N)C(=O)OC(=O)OC(C)(C)C. The Morgan fingerprint density at radius 2 is 1.26 bits per heavy atom. The van der Waals surface area contributed by atoms with Crippen molar-refractivity contribution in [3.8, 4) is 0 Å². The molecule has 172 valence electrons. The van der Waals surface area contributed by atoms with Crippen LogP contribution in [0.5, 0.6) is 0 Å². The Morgan fingerprint density at radius 1 is 0.806 bits per heavy atom. The molecule has 0 fully saturated rings. The number of ether oxygens (including phenoxy) is 4. The third-order valence-electron chi connectivity index (χ3n) is 3.65. The lowest BCUT2D eigenvalue weighted by atomic mass is 9.93. The number of rotatable bonds is 6. The number of hydrogen-bond donors (Lipinski definition) is 1. The van der Waals surface area contributed by atoms with Crippen molar-refractivity contribution in [2.24, 2.45) is 11.7 Å². The van der Waals surface area contributed by atoms with Gasteiger partial charge in [0.2, 0.25) is 0 Å². The molecule has 0 spiro atoms. The van der Waals surface area contributed by atoms with Gasteiger partial charge >= 0.3 is 24.2 Å². The molecular weight excluding hydrogens is 406 g/mol. The van der Waals surface area contributed by atoms with Gasteiger partial charge in [0.1, 0.15) is 17.2 Å². The van der Waals surface area contributed by atoms with Crippen LogP contribution in [0.4, 0.5) is 9.59 Å². The van der Waals surface area contributed by atoms with E-state index in [0.29, 0.717) is 0 Å². The van der Waals surface area contributed by atoms with E-state index < -0.39 is 47.4 Å². The van der Waals surface area contributed by atoms with Crippen molar-refractivity contribution in [1.82, 2.24) is 0 Å². The summed E-state index contributed by atoms with van der Waals surface area (Å²) in [6, 6.07) is 7.59. The quantitative estimate of drug-likeness (QED) is 0.524. The predicted molar refractivity (Wildman–Crippen MR) is 111 cm³/mol. The molecule has 2 N–H and O–H groups in total. The molecule has 2 atom stereocenters. The molecule has 0 amide bonds. The van der Waals surface area contributed by atoms with E-state index in [0.717, 1.165) is 5.56 Å². The van der Waals surface area contributed by atoms with Crippen LogP contribution in [-0.4, -0.2) is 41.5 Å². The van der Waals surface area contributed by atoms with E-state index in [-0.39, 0.29) is 12.8 Å². The minimum absolute atomic E-state index is 0.149. The van der Waals surface area contributed by atoms with Gasteiger partial charge in [-0.05, 0) is 59.9 Å². The van der Waals surface area contributed by atoms with E-state index in [9.17, 15) is 19.2 Å². The van der Waals surface area contributed by atoms with E-state index in [2.05, 4.69) is 4.74 Å². The zero-order valence-electron chi connectivity index (χ0n) is 18.8. The first-order valence-corrected chi connectivity index (χ1v) is 9.85. The summed E-state index contributed by atoms with van der Waals surface area (Å²) in [5.74, 6) is -2.92. The summed E-state index contributed by atoms with van der Waals surface area (Å²) in [4.78, 5) is 48.3. The van der Waals surface area contributed by atoms with Crippen LogP contribution in [0.2, 0.25) is 0 Å². The molecule has 0 aliphatic heterocycles. The topological polar surface area (TPSA) is 131 Å². The monoisotopic (exact) mass is 437 g/mol. The summed E-state index contributed by atoms with van der Waals surface area (Å²) >= 11 is 0. The summed E-state index contributed by atoms with van der Waals surface area (Å²) in [7, 11) is 0. The van der Waals surface area contributed by atoms with E-state index in [1.165, 1.54) is 0 Å². The zero-order chi connectivity index (χ0) is 23.8. The average Bonchev–Trinajstić information content (AvgIpc) is 2.58. The Balaban J connectivity index is 2.85. The van der Waals surface area contributed by atoms with Crippen molar-refractivity contribution >= 4 is 24.2 Å². The highest BCUT2D eigenvalue weighted by Gasteiger charge is 2.32. The molecule has 1 aromatic carbocycles. The molecule has 0 bridgehead atoms. The van der Waals surface area contributed by atoms with Crippen molar-refractivity contribution in [3.63, 3.8) is 0 Å². The standard InChI is InChI=1S/C22H31NO8/c1-21(2,3)30-19(26)28-17(24)15(12-14-10-8-7-9-11-14)13-16(23)18(25)29-20(27)31-22(4,5)6/h7-11,15-16H,12-13,23H2,1-6H3/t15?,16-/m0/s1. The Kier molecular flexibility index (Phi) is 9.18. The molecule has 0 aliphatic carbocycles. The van der Waals surface area contributed by atoms with Crippen molar-refractivity contribution in [2.45, 2.75) is 71.6 Å². The summed E-state index contributed by atoms with van der Waals surface area (Å²) in [6.07, 6.45) is -2.42. The second-order valence-electron chi connectivity index (χ2n) is 9.00. The van der Waals surface area contributed by atoms with Gasteiger partial charge < -0.3 is 24.7 Å². The molecule has 0 saturated heterocycles. The molecule has 9 heteroatoms. The highest BCUT2D eigenvalue weighted by atomic mass is 16.8. The first-order valence-electron chi connectivity index (χ1n) is 9.85. The lowest BCUT2D eigenvalue weighted by Crippen LogP contribution is -2.39. The lowest BCUT2D eigenvalue weighted by Gasteiger charge is -2.22. The zero-order valence-corrected chi connectivity index (χ0v) is 18.8. The second kappa shape index (κ2) is 10.9. The summed E-state index contributed by atoms with van der Waals surface area (Å²) in [5, 5.41) is 0. The van der Waals surface area contributed by atoms with Gasteiger partial charge in [0.05, 0.1) is 5.92 Å². The number of nitrogens with two attached hydrogens (primary N) is 1. The van der Waals surface area contributed by atoms with Crippen molar-refractivity contribution in [2.75, 3.05) is 0 Å². The first-order chi connectivity index (χ1) is 14.2. The molecule has 0 heterocycles. The average molecular weight is 437 g/mol. The third kappa shape index (κ3) is 11.1. The Hall–Kier alpha value is -2.94. The molecule has 0 saturated carbocycles. The highest BCUT2D eigenvalue weighted by Crippen LogP contribution is 2.18. The number of hydrogen-bond acceptors (Lipinski definition) is 9. The number of carbonyl (C=O) groups is 4. The molecule has 31 heavy (non-hydrogen) atoms. The third-order valence-corrected chi connectivity index (χ3v) is 3.65. The number of benzene rings is 1. The Labute approximate surface area is 182 Å². The second-order valence-corrected chi connectivity index (χ2v) is 9.00. The molecular formula is C22H31NO8. The van der Waals surface area contributed by atoms with Crippen LogP contribution >= 0.6 is 0 Å². The molecule has 0 radical (unpaired) electrons. The minimum Gasteiger partial charge on any atom is -0.428 e. The van der Waals surface area contributed by atoms with Crippen LogP contribution in [0.1, 0.15) is 53.5 Å². The fourth-order valence-corrected chi connectivity index (χ4v) is 2.43. The molecule has 0 aliphatic rings. The molecule has 1 unspecified atom stereocenters. The minimum atomic E-state index is -1.33. The first kappa shape index (κ1) is 26.1. The number of esters is 2. The van der Waals surface area contributed by atoms with Gasteiger partial charge in [0.15, 0.2) is 0 Å². The molecule has 9 nitrogen and oxygen atoms in total. The number of carbonyl (C=O) groups excluding carboxylic acids is 4. The molecule has 1 aromatic rings. The Morgan fingerprint density at radius 3 is 1.71 bits per heavy atom. The van der Waals surface area contributed by atoms with Crippen LogP contribution in [0.15, 0.2) is 30.3 Å². The van der Waals surface area contributed by atoms with E-state index in [4.69, 9.17) is 19.9 Å². The summed E-state index contributed by atoms with van der Waals surface area (Å²) in [5.41, 5.74) is 4.91. The van der Waals surface area contributed by atoms with Crippen LogP contribution in [-0.2, 0) is 35.0 Å². The van der Waals surface area contributed by atoms with Gasteiger partial charge in [-0.2, -0.15) is 0 Å². The fourth-order valence-electron chi connectivity index (χ4n) is 2.43. The van der Waals surface area contributed by atoms with Crippen LogP contribution in [0, 0.1) is 5.92 Å². The maximum atomic E-state index is 12.6. The van der Waals surface area contributed by atoms with Gasteiger partial charge in [-0.3, -0.25) is 4.79 Å². The largest absolute Gasteiger partial charge is 0.516 e. The lowest BCUT2D eigenvalue weighted by molar-refractivity contribution is -0.147. The summed E-state index contributed by atoms with van der Waals surface area (Å²) in [6.45, 7) is 9.72. The van der Waals surface area contributed by atoms with Gasteiger partial charge in [-0.15, -0.1) is 0 Å². The molecule has 1 rings (SSSR count). The van der Waals surface area contributed by atoms with Gasteiger partial charge in [-0.25, -0.2) is 14.4 Å². The van der Waals surface area contributed by atoms with Gasteiger partial charge in [-0.1, -0.05) is 30.3 Å². The van der Waals surface area contributed by atoms with E-state index in [1.807, 2.05) is 6.07 Å². The highest BCUT2D eigenvalue weighted by molar-refractivity contribution is 5.87.